The molecule has 0 atom stereocenters. The molecule has 0 aliphatic rings. The van der Waals surface area contributed by atoms with Crippen molar-refractivity contribution in [3.05, 3.63) is 47.9 Å². The smallest absolute Gasteiger partial charge is 0.257 e. The lowest BCUT2D eigenvalue weighted by Gasteiger charge is -2.06. The number of nitrogens with zero attached hydrogens (tertiary/aromatic N) is 2. The van der Waals surface area contributed by atoms with Crippen molar-refractivity contribution in [3.63, 3.8) is 0 Å². The molecule has 0 aliphatic heterocycles. The summed E-state index contributed by atoms with van der Waals surface area (Å²) in [5.41, 5.74) is 1.32. The summed E-state index contributed by atoms with van der Waals surface area (Å²) in [6.07, 6.45) is 5.28. The molecule has 0 aliphatic carbocycles. The Labute approximate surface area is 125 Å². The summed E-state index contributed by atoms with van der Waals surface area (Å²) in [5.74, 6) is 0.763. The van der Waals surface area contributed by atoms with Crippen LogP contribution >= 0.6 is 0 Å². The molecule has 0 unspecified atom stereocenters. The van der Waals surface area contributed by atoms with Crippen molar-refractivity contribution in [2.75, 3.05) is 0 Å². The molecule has 5 nitrogen and oxygen atoms in total. The maximum atomic E-state index is 11.3. The Bertz CT molecular complexity index is 678. The molecule has 0 radical (unpaired) electrons. The van der Waals surface area contributed by atoms with Gasteiger partial charge in [-0.05, 0) is 24.8 Å². The summed E-state index contributed by atoms with van der Waals surface area (Å²) in [4.78, 5) is 4.09. The van der Waals surface area contributed by atoms with Gasteiger partial charge in [0.05, 0.1) is 0 Å². The third-order valence-corrected chi connectivity index (χ3v) is 4.18. The van der Waals surface area contributed by atoms with Gasteiger partial charge in [0.25, 0.3) is 10.0 Å². The SMILES string of the molecule is CCc1nc(S(N)(=O)=O)cn1CCCCc1ccccc1. The number of hydrogen-bond donors (Lipinski definition) is 1. The number of aryl methyl sites for hydroxylation is 3. The van der Waals surface area contributed by atoms with Crippen molar-refractivity contribution < 1.29 is 8.42 Å². The predicted octanol–water partition coefficient (Wildman–Crippen LogP) is 2.12. The van der Waals surface area contributed by atoms with Crippen LogP contribution < -0.4 is 5.14 Å². The molecule has 1 heterocycles. The van der Waals surface area contributed by atoms with Gasteiger partial charge in [0.2, 0.25) is 0 Å². The summed E-state index contributed by atoms with van der Waals surface area (Å²) in [5, 5.41) is 5.08. The van der Waals surface area contributed by atoms with Crippen molar-refractivity contribution in [1.29, 1.82) is 0 Å². The van der Waals surface area contributed by atoms with E-state index in [9.17, 15) is 8.42 Å². The highest BCUT2D eigenvalue weighted by atomic mass is 32.2. The zero-order valence-corrected chi connectivity index (χ0v) is 13.0. The normalized spacial score (nSPS) is 11.7. The predicted molar refractivity (Wildman–Crippen MR) is 82.4 cm³/mol. The minimum Gasteiger partial charge on any atom is -0.333 e. The van der Waals surface area contributed by atoms with Gasteiger partial charge >= 0.3 is 0 Å². The molecule has 0 amide bonds. The fourth-order valence-electron chi connectivity index (χ4n) is 2.30. The lowest BCUT2D eigenvalue weighted by molar-refractivity contribution is 0.586. The molecule has 6 heteroatoms. The lowest BCUT2D eigenvalue weighted by atomic mass is 10.1. The first-order valence-electron chi connectivity index (χ1n) is 7.13. The summed E-state index contributed by atoms with van der Waals surface area (Å²) < 4.78 is 24.6. The van der Waals surface area contributed by atoms with Crippen LogP contribution in [0.3, 0.4) is 0 Å². The first kappa shape index (κ1) is 15.7. The molecule has 0 bridgehead atoms. The molecular formula is C15H21N3O2S. The van der Waals surface area contributed by atoms with Gasteiger partial charge in [0.1, 0.15) is 5.82 Å². The largest absolute Gasteiger partial charge is 0.333 e. The molecule has 0 fully saturated rings. The van der Waals surface area contributed by atoms with Crippen LogP contribution in [0.4, 0.5) is 0 Å². The van der Waals surface area contributed by atoms with Gasteiger partial charge < -0.3 is 4.57 Å². The van der Waals surface area contributed by atoms with E-state index in [0.717, 1.165) is 31.6 Å². The Kier molecular flexibility index (Phi) is 5.14. The second-order valence-corrected chi connectivity index (χ2v) is 6.54. The van der Waals surface area contributed by atoms with Crippen LogP contribution in [0.15, 0.2) is 41.6 Å². The Morgan fingerprint density at radius 1 is 1.19 bits per heavy atom. The number of hydrogen-bond acceptors (Lipinski definition) is 3. The number of imidazole rings is 1. The zero-order chi connectivity index (χ0) is 15.3. The fraction of sp³-hybridized carbons (Fsp3) is 0.400. The molecule has 1 aromatic carbocycles. The summed E-state index contributed by atoms with van der Waals surface area (Å²) in [7, 11) is -3.72. The van der Waals surface area contributed by atoms with Gasteiger partial charge in [0, 0.05) is 19.2 Å². The van der Waals surface area contributed by atoms with E-state index in [0.29, 0.717) is 6.42 Å². The summed E-state index contributed by atoms with van der Waals surface area (Å²) in [6.45, 7) is 2.72. The third-order valence-electron chi connectivity index (χ3n) is 3.40. The molecule has 2 N–H and O–H groups in total. The number of primary sulfonamides is 1. The maximum Gasteiger partial charge on any atom is 0.257 e. The van der Waals surface area contributed by atoms with Crippen LogP contribution in [0.5, 0.6) is 0 Å². The third kappa shape index (κ3) is 4.41. The van der Waals surface area contributed by atoms with Crippen molar-refractivity contribution in [2.24, 2.45) is 5.14 Å². The van der Waals surface area contributed by atoms with Crippen molar-refractivity contribution >= 4 is 10.0 Å². The minimum absolute atomic E-state index is 0.0394. The molecule has 0 saturated heterocycles. The van der Waals surface area contributed by atoms with Gasteiger partial charge in [-0.2, -0.15) is 0 Å². The highest BCUT2D eigenvalue weighted by molar-refractivity contribution is 7.89. The highest BCUT2D eigenvalue weighted by Gasteiger charge is 2.15. The summed E-state index contributed by atoms with van der Waals surface area (Å²) in [6, 6.07) is 10.3. The maximum absolute atomic E-state index is 11.3. The first-order chi connectivity index (χ1) is 10.0. The second kappa shape index (κ2) is 6.87. The number of aromatic nitrogens is 2. The van der Waals surface area contributed by atoms with Crippen molar-refractivity contribution in [3.8, 4) is 0 Å². The highest BCUT2D eigenvalue weighted by Crippen LogP contribution is 2.11. The lowest BCUT2D eigenvalue weighted by Crippen LogP contribution is -2.12. The Morgan fingerprint density at radius 2 is 1.90 bits per heavy atom. The van der Waals surface area contributed by atoms with E-state index in [2.05, 4.69) is 17.1 Å². The Hall–Kier alpha value is -1.66. The quantitative estimate of drug-likeness (QED) is 0.796. The van der Waals surface area contributed by atoms with Crippen LogP contribution in [0, 0.1) is 0 Å². The molecule has 0 spiro atoms. The molecule has 2 aromatic rings. The summed E-state index contributed by atoms with van der Waals surface area (Å²) >= 11 is 0. The van der Waals surface area contributed by atoms with E-state index < -0.39 is 10.0 Å². The van der Waals surface area contributed by atoms with Gasteiger partial charge in [-0.1, -0.05) is 37.3 Å². The van der Waals surface area contributed by atoms with Gasteiger partial charge in [0.15, 0.2) is 5.03 Å². The van der Waals surface area contributed by atoms with Gasteiger partial charge in [-0.3, -0.25) is 0 Å². The molecule has 21 heavy (non-hydrogen) atoms. The first-order valence-corrected chi connectivity index (χ1v) is 8.68. The average molecular weight is 307 g/mol. The zero-order valence-electron chi connectivity index (χ0n) is 12.2. The molecule has 0 saturated carbocycles. The average Bonchev–Trinajstić information content (AvgIpc) is 2.88. The number of unbranched alkanes of at least 4 members (excludes halogenated alkanes) is 1. The van der Waals surface area contributed by atoms with E-state index in [4.69, 9.17) is 5.14 Å². The van der Waals surface area contributed by atoms with Crippen LogP contribution in [0.2, 0.25) is 0 Å². The van der Waals surface area contributed by atoms with Crippen LogP contribution in [-0.4, -0.2) is 18.0 Å². The second-order valence-electron chi connectivity index (χ2n) is 5.03. The van der Waals surface area contributed by atoms with Crippen molar-refractivity contribution in [2.45, 2.75) is 44.2 Å². The van der Waals surface area contributed by atoms with Gasteiger partial charge in [-0.15, -0.1) is 0 Å². The number of benzene rings is 1. The molecule has 2 rings (SSSR count). The van der Waals surface area contributed by atoms with Gasteiger partial charge in [-0.25, -0.2) is 18.5 Å². The Balaban J connectivity index is 1.92. The molecule has 1 aromatic heterocycles. The molecular weight excluding hydrogens is 286 g/mol. The fourth-order valence-corrected chi connectivity index (χ4v) is 2.80. The van der Waals surface area contributed by atoms with E-state index in [1.807, 2.05) is 29.7 Å². The molecule has 114 valence electrons. The van der Waals surface area contributed by atoms with Crippen LogP contribution in [-0.2, 0) is 29.4 Å². The van der Waals surface area contributed by atoms with Crippen LogP contribution in [0.1, 0.15) is 31.2 Å². The van der Waals surface area contributed by atoms with E-state index in [-0.39, 0.29) is 5.03 Å². The topological polar surface area (TPSA) is 78.0 Å². The number of sulfonamides is 1. The number of nitrogens with two attached hydrogens (primary N) is 1. The minimum atomic E-state index is -3.72. The monoisotopic (exact) mass is 307 g/mol. The van der Waals surface area contributed by atoms with E-state index in [1.54, 1.807) is 0 Å². The van der Waals surface area contributed by atoms with E-state index >= 15 is 0 Å². The number of rotatable bonds is 7. The van der Waals surface area contributed by atoms with Crippen molar-refractivity contribution in [1.82, 2.24) is 9.55 Å². The Morgan fingerprint density at radius 3 is 2.52 bits per heavy atom. The van der Waals surface area contributed by atoms with Crippen LogP contribution in [0.25, 0.3) is 0 Å². The standard InChI is InChI=1S/C15H21N3O2S/c1-2-14-17-15(21(16,19)20)12-18(14)11-7-6-10-13-8-4-3-5-9-13/h3-5,8-9,12H,2,6-7,10-11H2,1H3,(H2,16,19,20). The van der Waals surface area contributed by atoms with E-state index in [1.165, 1.54) is 11.8 Å².